The van der Waals surface area contributed by atoms with Gasteiger partial charge in [0.15, 0.2) is 6.04 Å². The molecule has 2 amide bonds. The number of rotatable bonds is 1. The molecule has 1 fully saturated rings. The fourth-order valence-corrected chi connectivity index (χ4v) is 2.15. The lowest BCUT2D eigenvalue weighted by Crippen LogP contribution is -2.60. The van der Waals surface area contributed by atoms with E-state index in [-0.39, 0.29) is 19.6 Å². The third-order valence-electron chi connectivity index (χ3n) is 3.13. The highest BCUT2D eigenvalue weighted by atomic mass is 16.6. The molecule has 0 N–H and O–H groups in total. The van der Waals surface area contributed by atoms with Crippen LogP contribution in [0.3, 0.4) is 0 Å². The number of carbonyl (C=O) groups is 4. The second kappa shape index (κ2) is 9.40. The van der Waals surface area contributed by atoms with Gasteiger partial charge in [-0.25, -0.2) is 14.4 Å². The van der Waals surface area contributed by atoms with Crippen molar-refractivity contribution in [1.29, 1.82) is 0 Å². The third-order valence-corrected chi connectivity index (χ3v) is 3.13. The van der Waals surface area contributed by atoms with Crippen LogP contribution in [0.4, 0.5) is 9.59 Å². The van der Waals surface area contributed by atoms with Gasteiger partial charge < -0.3 is 23.9 Å². The average Bonchev–Trinajstić information content (AvgIpc) is 2.52. The van der Waals surface area contributed by atoms with Crippen LogP contribution in [-0.4, -0.2) is 78.7 Å². The van der Waals surface area contributed by atoms with Crippen molar-refractivity contribution in [3.63, 3.8) is 0 Å². The van der Waals surface area contributed by atoms with Crippen LogP contribution < -0.4 is 0 Å². The minimum absolute atomic E-state index is 0.000823. The van der Waals surface area contributed by atoms with Crippen molar-refractivity contribution >= 4 is 24.9 Å². The molecule has 1 aliphatic rings. The average molecular weight is 374 g/mol. The molecule has 150 valence electrons. The molecular formula is C17H30N2O7. The van der Waals surface area contributed by atoms with Crippen molar-refractivity contribution in [1.82, 2.24) is 9.80 Å². The lowest BCUT2D eigenvalue weighted by molar-refractivity contribution is -0.149. The second-order valence-corrected chi connectivity index (χ2v) is 7.64. The minimum atomic E-state index is -0.925. The van der Waals surface area contributed by atoms with E-state index in [0.29, 0.717) is 0 Å². The van der Waals surface area contributed by atoms with Gasteiger partial charge in [0.05, 0.1) is 13.7 Å². The van der Waals surface area contributed by atoms with Crippen LogP contribution in [0.5, 0.6) is 0 Å². The van der Waals surface area contributed by atoms with Crippen LogP contribution in [0.1, 0.15) is 41.5 Å². The normalized spacial score (nSPS) is 17.6. The first-order valence-corrected chi connectivity index (χ1v) is 8.18. The maximum atomic E-state index is 12.3. The molecule has 0 spiro atoms. The molecule has 0 bridgehead atoms. The molecule has 0 aliphatic carbocycles. The van der Waals surface area contributed by atoms with Gasteiger partial charge in [-0.2, -0.15) is 0 Å². The first-order chi connectivity index (χ1) is 11.8. The molecule has 0 saturated carbocycles. The number of amides is 2. The van der Waals surface area contributed by atoms with Gasteiger partial charge in [-0.1, -0.05) is 0 Å². The molecule has 0 radical (unpaired) electrons. The Kier molecular flexibility index (Phi) is 8.56. The predicted octanol–water partition coefficient (Wildman–Crippen LogP) is 1.83. The molecule has 0 aromatic rings. The number of ether oxygens (including phenoxy) is 3. The van der Waals surface area contributed by atoms with Gasteiger partial charge in [-0.05, 0) is 41.5 Å². The number of carbonyl (C=O) groups excluding carboxylic acids is 4. The Morgan fingerprint density at radius 1 is 0.885 bits per heavy atom. The molecule has 0 unspecified atom stereocenters. The van der Waals surface area contributed by atoms with Gasteiger partial charge in [-0.15, -0.1) is 0 Å². The van der Waals surface area contributed by atoms with E-state index in [9.17, 15) is 14.4 Å². The summed E-state index contributed by atoms with van der Waals surface area (Å²) in [5.41, 5.74) is -1.32. The van der Waals surface area contributed by atoms with E-state index >= 15 is 0 Å². The Morgan fingerprint density at radius 2 is 1.35 bits per heavy atom. The Morgan fingerprint density at radius 3 is 1.77 bits per heavy atom. The molecule has 0 aromatic heterocycles. The Labute approximate surface area is 154 Å². The molecule has 1 saturated heterocycles. The summed E-state index contributed by atoms with van der Waals surface area (Å²) in [6, 6.07) is -0.925. The zero-order valence-electron chi connectivity index (χ0n) is 16.7. The molecule has 1 rings (SSSR count). The summed E-state index contributed by atoms with van der Waals surface area (Å²) >= 11 is 0. The van der Waals surface area contributed by atoms with Crippen molar-refractivity contribution in [2.45, 2.75) is 58.8 Å². The summed E-state index contributed by atoms with van der Waals surface area (Å²) in [6.45, 7) is 12.9. The van der Waals surface area contributed by atoms with E-state index in [1.807, 2.05) is 6.79 Å². The van der Waals surface area contributed by atoms with Crippen LogP contribution in [0.15, 0.2) is 0 Å². The van der Waals surface area contributed by atoms with Crippen LogP contribution in [0, 0.1) is 0 Å². The molecule has 1 aliphatic heterocycles. The van der Waals surface area contributed by atoms with E-state index in [4.69, 9.17) is 19.0 Å². The standard InChI is InChI=1S/C16H28N2O6.CH2O/c1-15(2,3)23-13(20)17-8-9-18(11(10-17)12(19)22-7)14(21)24-16(4,5)6;1-2/h11H,8-10H2,1-7H3;1H2/t11-;/m1./s1. The first kappa shape index (κ1) is 23.7. The highest BCUT2D eigenvalue weighted by Gasteiger charge is 2.40. The number of esters is 1. The van der Waals surface area contributed by atoms with Crippen molar-refractivity contribution < 1.29 is 33.4 Å². The van der Waals surface area contributed by atoms with E-state index in [1.54, 1.807) is 41.5 Å². The van der Waals surface area contributed by atoms with Gasteiger partial charge in [0, 0.05) is 13.1 Å². The topological polar surface area (TPSA) is 102 Å². The Balaban J connectivity index is 0.00000301. The zero-order valence-corrected chi connectivity index (χ0v) is 16.7. The van der Waals surface area contributed by atoms with E-state index in [2.05, 4.69) is 0 Å². The van der Waals surface area contributed by atoms with Crippen molar-refractivity contribution in [2.24, 2.45) is 0 Å². The number of hydrogen-bond acceptors (Lipinski definition) is 7. The van der Waals surface area contributed by atoms with Crippen molar-refractivity contribution in [2.75, 3.05) is 26.7 Å². The SMILES string of the molecule is C=O.COC(=O)[C@H]1CN(C(=O)OC(C)(C)C)CCN1C(=O)OC(C)(C)C. The summed E-state index contributed by atoms with van der Waals surface area (Å²) in [4.78, 5) is 47.2. The van der Waals surface area contributed by atoms with Gasteiger partial charge in [-0.3, -0.25) is 4.90 Å². The first-order valence-electron chi connectivity index (χ1n) is 8.18. The summed E-state index contributed by atoms with van der Waals surface area (Å²) in [5, 5.41) is 0. The molecule has 9 nitrogen and oxygen atoms in total. The van der Waals surface area contributed by atoms with E-state index in [1.165, 1.54) is 16.9 Å². The van der Waals surface area contributed by atoms with E-state index < -0.39 is 35.4 Å². The number of hydrogen-bond donors (Lipinski definition) is 0. The molecule has 26 heavy (non-hydrogen) atoms. The third kappa shape index (κ3) is 7.71. The van der Waals surface area contributed by atoms with Gasteiger partial charge in [0.25, 0.3) is 0 Å². The number of piperazine rings is 1. The molecule has 1 heterocycles. The predicted molar refractivity (Wildman–Crippen MR) is 93.7 cm³/mol. The van der Waals surface area contributed by atoms with Gasteiger partial charge in [0.1, 0.15) is 18.0 Å². The summed E-state index contributed by atoms with van der Waals surface area (Å²) < 4.78 is 15.4. The maximum Gasteiger partial charge on any atom is 0.411 e. The van der Waals surface area contributed by atoms with Crippen LogP contribution in [0.2, 0.25) is 0 Å². The Bertz CT molecular complexity index is 508. The minimum Gasteiger partial charge on any atom is -0.467 e. The van der Waals surface area contributed by atoms with Crippen molar-refractivity contribution in [3.05, 3.63) is 0 Å². The van der Waals surface area contributed by atoms with Gasteiger partial charge >= 0.3 is 18.2 Å². The fraction of sp³-hybridized carbons (Fsp3) is 0.765. The lowest BCUT2D eigenvalue weighted by Gasteiger charge is -2.40. The zero-order chi connectivity index (χ0) is 20.7. The van der Waals surface area contributed by atoms with Crippen LogP contribution in [-0.2, 0) is 23.8 Å². The maximum absolute atomic E-state index is 12.3. The molecule has 0 aromatic carbocycles. The van der Waals surface area contributed by atoms with Gasteiger partial charge in [0.2, 0.25) is 0 Å². The lowest BCUT2D eigenvalue weighted by atomic mass is 10.1. The number of nitrogens with zero attached hydrogens (tertiary/aromatic N) is 2. The Hall–Kier alpha value is -2.32. The highest BCUT2D eigenvalue weighted by molar-refractivity contribution is 5.83. The quantitative estimate of drug-likeness (QED) is 0.509. The molecule has 1 atom stereocenters. The monoisotopic (exact) mass is 374 g/mol. The van der Waals surface area contributed by atoms with Crippen LogP contribution >= 0.6 is 0 Å². The summed E-state index contributed by atoms with van der Waals surface area (Å²) in [6.07, 6.45) is -1.14. The second-order valence-electron chi connectivity index (χ2n) is 7.64. The number of methoxy groups -OCH3 is 1. The van der Waals surface area contributed by atoms with E-state index in [0.717, 1.165) is 0 Å². The smallest absolute Gasteiger partial charge is 0.411 e. The largest absolute Gasteiger partial charge is 0.467 e. The molecular weight excluding hydrogens is 344 g/mol. The fourth-order valence-electron chi connectivity index (χ4n) is 2.15. The van der Waals surface area contributed by atoms with Crippen molar-refractivity contribution in [3.8, 4) is 0 Å². The summed E-state index contributed by atoms with van der Waals surface area (Å²) in [5.74, 6) is -0.603. The van der Waals surface area contributed by atoms with Crippen LogP contribution in [0.25, 0.3) is 0 Å². The molecule has 9 heteroatoms. The highest BCUT2D eigenvalue weighted by Crippen LogP contribution is 2.19. The summed E-state index contributed by atoms with van der Waals surface area (Å²) in [7, 11) is 1.24.